The molecule has 1 aromatic heterocycles. The lowest BCUT2D eigenvalue weighted by atomic mass is 9.93. The highest BCUT2D eigenvalue weighted by molar-refractivity contribution is 5.45. The topological polar surface area (TPSA) is 106 Å². The van der Waals surface area contributed by atoms with Crippen LogP contribution in [0.4, 0.5) is 24.9 Å². The van der Waals surface area contributed by atoms with Crippen molar-refractivity contribution >= 4 is 11.8 Å². The van der Waals surface area contributed by atoms with Crippen LogP contribution < -0.4 is 21.5 Å². The first kappa shape index (κ1) is 24.8. The fourth-order valence-electron chi connectivity index (χ4n) is 4.25. The summed E-state index contributed by atoms with van der Waals surface area (Å²) in [5, 5.41) is 13.7. The maximum atomic E-state index is 13.8. The molecule has 1 aromatic rings. The Hall–Kier alpha value is -1.85. The molecule has 0 radical (unpaired) electrons. The number of aliphatic hydroxyl groups is 1. The van der Waals surface area contributed by atoms with Crippen molar-refractivity contribution in [1.29, 1.82) is 0 Å². The quantitative estimate of drug-likeness (QED) is 0.435. The normalized spacial score (nSPS) is 20.2. The van der Waals surface area contributed by atoms with Crippen LogP contribution in [0, 0.1) is 5.92 Å². The molecule has 3 rings (SSSR count). The van der Waals surface area contributed by atoms with Crippen molar-refractivity contribution in [3.63, 3.8) is 0 Å². The van der Waals surface area contributed by atoms with Crippen molar-refractivity contribution in [2.45, 2.75) is 82.8 Å². The Balaban J connectivity index is 1.87. The number of halogens is 3. The molecule has 1 fully saturated rings. The van der Waals surface area contributed by atoms with Gasteiger partial charge in [0.05, 0.1) is 18.4 Å². The number of nitrogens with zero attached hydrogens (tertiary/aromatic N) is 3. The van der Waals surface area contributed by atoms with E-state index < -0.39 is 23.4 Å². The van der Waals surface area contributed by atoms with Gasteiger partial charge in [-0.1, -0.05) is 13.8 Å². The zero-order valence-electron chi connectivity index (χ0n) is 18.7. The molecule has 182 valence electrons. The fraction of sp³-hybridized carbons (Fsp3) is 0.810. The van der Waals surface area contributed by atoms with Gasteiger partial charge in [-0.15, -0.1) is 0 Å². The van der Waals surface area contributed by atoms with Crippen molar-refractivity contribution in [2.75, 3.05) is 30.0 Å². The molecule has 1 aliphatic carbocycles. The third kappa shape index (κ3) is 5.74. The van der Waals surface area contributed by atoms with Crippen LogP contribution in [-0.2, 0) is 11.3 Å². The van der Waals surface area contributed by atoms with Gasteiger partial charge >= 0.3 is 6.18 Å². The summed E-state index contributed by atoms with van der Waals surface area (Å²) in [5.74, 6) is 0.573. The van der Waals surface area contributed by atoms with E-state index in [4.69, 9.17) is 10.5 Å². The van der Waals surface area contributed by atoms with Gasteiger partial charge in [-0.2, -0.15) is 18.2 Å². The number of rotatable bonds is 11. The maximum Gasteiger partial charge on any atom is 0.408 e. The van der Waals surface area contributed by atoms with Gasteiger partial charge in [0.15, 0.2) is 0 Å². The molecule has 0 saturated heterocycles. The molecule has 0 spiro atoms. The van der Waals surface area contributed by atoms with Crippen molar-refractivity contribution in [2.24, 2.45) is 11.7 Å². The summed E-state index contributed by atoms with van der Waals surface area (Å²) in [5.41, 5.74) is 4.02. The number of nitrogens with one attached hydrogen (secondary N) is 1. The molecule has 1 aliphatic heterocycles. The Labute approximate surface area is 185 Å². The van der Waals surface area contributed by atoms with Crippen molar-refractivity contribution in [3.8, 4) is 0 Å². The van der Waals surface area contributed by atoms with E-state index in [9.17, 15) is 23.1 Å². The fourth-order valence-corrected chi connectivity index (χ4v) is 4.25. The van der Waals surface area contributed by atoms with Crippen LogP contribution in [0.3, 0.4) is 0 Å². The minimum absolute atomic E-state index is 0.0224. The van der Waals surface area contributed by atoms with Gasteiger partial charge in [0.25, 0.3) is 5.56 Å². The number of hydrogen-bond acceptors (Lipinski definition) is 7. The Bertz CT molecular complexity index is 824. The van der Waals surface area contributed by atoms with E-state index in [1.165, 1.54) is 10.6 Å². The zero-order valence-corrected chi connectivity index (χ0v) is 18.7. The average molecular weight is 462 g/mol. The van der Waals surface area contributed by atoms with Gasteiger partial charge in [-0.3, -0.25) is 9.36 Å². The summed E-state index contributed by atoms with van der Waals surface area (Å²) in [6.07, 6.45) is -1.78. The van der Waals surface area contributed by atoms with E-state index in [2.05, 4.69) is 10.3 Å². The highest BCUT2D eigenvalue weighted by Crippen LogP contribution is 2.36. The molecule has 1 saturated carbocycles. The van der Waals surface area contributed by atoms with Crippen molar-refractivity contribution in [1.82, 2.24) is 9.55 Å². The number of ether oxygens (including phenoxy) is 1. The summed E-state index contributed by atoms with van der Waals surface area (Å²) in [6, 6.07) is -0.460. The molecule has 0 aromatic carbocycles. The van der Waals surface area contributed by atoms with Gasteiger partial charge in [0.2, 0.25) is 5.95 Å². The number of anilines is 2. The Morgan fingerprint density at radius 3 is 2.56 bits per heavy atom. The van der Waals surface area contributed by atoms with Crippen LogP contribution in [0.5, 0.6) is 0 Å². The van der Waals surface area contributed by atoms with Crippen LogP contribution in [0.15, 0.2) is 10.9 Å². The second-order valence-corrected chi connectivity index (χ2v) is 8.74. The van der Waals surface area contributed by atoms with E-state index in [1.54, 1.807) is 13.8 Å². The molecule has 32 heavy (non-hydrogen) atoms. The molecule has 2 atom stereocenters. The van der Waals surface area contributed by atoms with Crippen LogP contribution >= 0.6 is 0 Å². The number of alkyl halides is 3. The minimum atomic E-state index is -4.48. The first-order chi connectivity index (χ1) is 15.1. The van der Waals surface area contributed by atoms with E-state index in [0.717, 1.165) is 17.7 Å². The molecular weight excluding hydrogens is 427 g/mol. The summed E-state index contributed by atoms with van der Waals surface area (Å²) in [7, 11) is 0. The Morgan fingerprint density at radius 1 is 1.31 bits per heavy atom. The van der Waals surface area contributed by atoms with E-state index in [1.807, 2.05) is 0 Å². The summed E-state index contributed by atoms with van der Waals surface area (Å²) >= 11 is 0. The van der Waals surface area contributed by atoms with Gasteiger partial charge in [-0.25, -0.2) is 0 Å². The lowest BCUT2D eigenvalue weighted by Crippen LogP contribution is -2.53. The van der Waals surface area contributed by atoms with Gasteiger partial charge in [0.1, 0.15) is 11.9 Å². The van der Waals surface area contributed by atoms with Crippen LogP contribution in [0.25, 0.3) is 0 Å². The average Bonchev–Trinajstić information content (AvgIpc) is 3.59. The van der Waals surface area contributed by atoms with Gasteiger partial charge < -0.3 is 25.8 Å². The molecule has 0 amide bonds. The molecule has 11 heteroatoms. The number of hydrogen-bond donors (Lipinski definition) is 3. The molecule has 2 aliphatic rings. The third-order valence-corrected chi connectivity index (χ3v) is 6.70. The lowest BCUT2D eigenvalue weighted by Gasteiger charge is -2.40. The molecule has 8 nitrogen and oxygen atoms in total. The Morgan fingerprint density at radius 2 is 2.00 bits per heavy atom. The van der Waals surface area contributed by atoms with E-state index in [-0.39, 0.29) is 50.5 Å². The summed E-state index contributed by atoms with van der Waals surface area (Å²) in [4.78, 5) is 18.2. The zero-order chi connectivity index (χ0) is 23.5. The summed E-state index contributed by atoms with van der Waals surface area (Å²) in [6.45, 7) is 3.93. The molecule has 4 N–H and O–H groups in total. The lowest BCUT2D eigenvalue weighted by molar-refractivity contribution is -0.153. The SMILES string of the molecule is CCC(O)(CC)CCN1c2nc(NC[C@@H](OCN)C3CC3)cc(=O)n2CC[C@H]1C(F)(F)F. The highest BCUT2D eigenvalue weighted by Gasteiger charge is 2.47. The first-order valence-corrected chi connectivity index (χ1v) is 11.3. The first-order valence-electron chi connectivity index (χ1n) is 11.3. The minimum Gasteiger partial charge on any atom is -0.390 e. The van der Waals surface area contributed by atoms with Crippen molar-refractivity contribution < 1.29 is 23.0 Å². The van der Waals surface area contributed by atoms with Crippen LogP contribution in [0.1, 0.15) is 52.4 Å². The Kier molecular flexibility index (Phi) is 7.72. The number of nitrogens with two attached hydrogens (primary N) is 1. The van der Waals surface area contributed by atoms with E-state index in [0.29, 0.717) is 25.3 Å². The standard InChI is InChI=1S/C21H34F3N5O3/c1-3-20(31,4-2)8-10-28-16(21(22,23)24)7-9-29-18(30)11-17(27-19(28)29)26-12-15(32-13-25)14-5-6-14/h11,14-16,26,31H,3-10,12-13,25H2,1-2H3/t15-,16+/m1/s1. The maximum absolute atomic E-state index is 13.8. The van der Waals surface area contributed by atoms with Gasteiger partial charge in [-0.05, 0) is 44.4 Å². The monoisotopic (exact) mass is 461 g/mol. The smallest absolute Gasteiger partial charge is 0.390 e. The summed E-state index contributed by atoms with van der Waals surface area (Å²) < 4.78 is 48.3. The highest BCUT2D eigenvalue weighted by atomic mass is 19.4. The van der Waals surface area contributed by atoms with Crippen LogP contribution in [-0.4, -0.2) is 58.4 Å². The predicted molar refractivity (Wildman–Crippen MR) is 116 cm³/mol. The van der Waals surface area contributed by atoms with E-state index >= 15 is 0 Å². The van der Waals surface area contributed by atoms with Gasteiger partial charge in [0, 0.05) is 25.7 Å². The largest absolute Gasteiger partial charge is 0.408 e. The molecule has 2 heterocycles. The second-order valence-electron chi connectivity index (χ2n) is 8.74. The van der Waals surface area contributed by atoms with Crippen LogP contribution in [0.2, 0.25) is 0 Å². The second kappa shape index (κ2) is 9.96. The molecule has 0 bridgehead atoms. The number of aromatic nitrogens is 2. The molecule has 0 unspecified atom stereocenters. The number of fused-ring (bicyclic) bond motifs is 1. The third-order valence-electron chi connectivity index (χ3n) is 6.70. The predicted octanol–water partition coefficient (Wildman–Crippen LogP) is 2.45. The molecular formula is C21H34F3N5O3. The van der Waals surface area contributed by atoms with Crippen molar-refractivity contribution in [3.05, 3.63) is 16.4 Å².